The van der Waals surface area contributed by atoms with E-state index in [0.29, 0.717) is 0 Å². The Kier molecular flexibility index (Phi) is 2.30. The first-order chi connectivity index (χ1) is 3.93. The summed E-state index contributed by atoms with van der Waals surface area (Å²) in [5, 5.41) is 8.60. The molecule has 2 heteroatoms. The predicted molar refractivity (Wildman–Crippen MR) is 32.2 cm³/mol. The van der Waals surface area contributed by atoms with Crippen LogP contribution < -0.4 is 0 Å². The number of likely N-dealkylation sites (tertiary alicyclic amines) is 1. The molecule has 2 nitrogen and oxygen atoms in total. The standard InChI is InChI=1S/C6H12NO/c8-6-7-4-2-1-3-5-7/h2,8H,1,3-6H2. The van der Waals surface area contributed by atoms with Crippen molar-refractivity contribution in [2.45, 2.75) is 12.8 Å². The van der Waals surface area contributed by atoms with E-state index in [9.17, 15) is 0 Å². The molecule has 0 saturated carbocycles. The summed E-state index contributed by atoms with van der Waals surface area (Å²) in [5.41, 5.74) is 0. The molecule has 0 amide bonds. The summed E-state index contributed by atoms with van der Waals surface area (Å²) in [7, 11) is 0. The van der Waals surface area contributed by atoms with Gasteiger partial charge in [-0.3, -0.25) is 4.90 Å². The monoisotopic (exact) mass is 114 g/mol. The van der Waals surface area contributed by atoms with Gasteiger partial charge in [0.2, 0.25) is 0 Å². The Balaban J connectivity index is 2.13. The molecular formula is C6H12NO. The highest BCUT2D eigenvalue weighted by atomic mass is 16.3. The Morgan fingerprint density at radius 2 is 2.50 bits per heavy atom. The van der Waals surface area contributed by atoms with Crippen LogP contribution in [0.1, 0.15) is 12.8 Å². The Morgan fingerprint density at radius 3 is 2.88 bits per heavy atom. The van der Waals surface area contributed by atoms with Gasteiger partial charge in [-0.15, -0.1) is 0 Å². The van der Waals surface area contributed by atoms with E-state index < -0.39 is 0 Å². The number of piperidine rings is 1. The van der Waals surface area contributed by atoms with Crippen LogP contribution in [0.2, 0.25) is 0 Å². The van der Waals surface area contributed by atoms with Crippen LogP contribution in [0.5, 0.6) is 0 Å². The first-order valence-corrected chi connectivity index (χ1v) is 3.08. The van der Waals surface area contributed by atoms with Crippen molar-refractivity contribution in [1.29, 1.82) is 0 Å². The molecule has 1 N–H and O–H groups in total. The van der Waals surface area contributed by atoms with E-state index in [1.54, 1.807) is 0 Å². The summed E-state index contributed by atoms with van der Waals surface area (Å²) in [4.78, 5) is 2.02. The normalized spacial score (nSPS) is 23.6. The number of hydrogen-bond acceptors (Lipinski definition) is 2. The molecule has 0 spiro atoms. The van der Waals surface area contributed by atoms with E-state index in [2.05, 4.69) is 6.42 Å². The molecule has 47 valence electrons. The first-order valence-electron chi connectivity index (χ1n) is 3.08. The van der Waals surface area contributed by atoms with Crippen molar-refractivity contribution < 1.29 is 5.11 Å². The number of rotatable bonds is 1. The maximum atomic E-state index is 8.60. The molecule has 0 aromatic carbocycles. The van der Waals surface area contributed by atoms with Crippen molar-refractivity contribution in [3.63, 3.8) is 0 Å². The third-order valence-electron chi connectivity index (χ3n) is 1.47. The Hall–Kier alpha value is -0.0800. The molecule has 1 radical (unpaired) electrons. The number of aliphatic hydroxyl groups excluding tert-OH is 1. The molecule has 0 aromatic rings. The highest BCUT2D eigenvalue weighted by Crippen LogP contribution is 2.05. The van der Waals surface area contributed by atoms with Gasteiger partial charge in [0, 0.05) is 13.1 Å². The van der Waals surface area contributed by atoms with Crippen molar-refractivity contribution in [3.05, 3.63) is 6.42 Å². The highest BCUT2D eigenvalue weighted by Gasteiger charge is 2.06. The lowest BCUT2D eigenvalue weighted by molar-refractivity contribution is 0.104. The lowest BCUT2D eigenvalue weighted by atomic mass is 10.1. The molecule has 1 aliphatic heterocycles. The molecule has 0 bridgehead atoms. The van der Waals surface area contributed by atoms with Crippen LogP contribution in [0.3, 0.4) is 0 Å². The lowest BCUT2D eigenvalue weighted by Gasteiger charge is -2.23. The van der Waals surface area contributed by atoms with Crippen LogP contribution in [0.4, 0.5) is 0 Å². The van der Waals surface area contributed by atoms with Crippen LogP contribution >= 0.6 is 0 Å². The predicted octanol–water partition coefficient (Wildman–Crippen LogP) is 0.236. The van der Waals surface area contributed by atoms with Gasteiger partial charge in [-0.2, -0.15) is 0 Å². The summed E-state index contributed by atoms with van der Waals surface area (Å²) in [6, 6.07) is 0. The fraction of sp³-hybridized carbons (Fsp3) is 0.833. The molecule has 1 rings (SSSR count). The topological polar surface area (TPSA) is 23.5 Å². The summed E-state index contributed by atoms with van der Waals surface area (Å²) in [5.74, 6) is 0. The minimum absolute atomic E-state index is 0.219. The molecular weight excluding hydrogens is 102 g/mol. The van der Waals surface area contributed by atoms with Gasteiger partial charge in [0.25, 0.3) is 0 Å². The van der Waals surface area contributed by atoms with Crippen molar-refractivity contribution in [1.82, 2.24) is 4.90 Å². The van der Waals surface area contributed by atoms with E-state index in [1.165, 1.54) is 12.8 Å². The Labute approximate surface area is 50.1 Å². The van der Waals surface area contributed by atoms with Crippen molar-refractivity contribution in [2.24, 2.45) is 0 Å². The van der Waals surface area contributed by atoms with Crippen molar-refractivity contribution in [2.75, 3.05) is 19.8 Å². The first kappa shape index (κ1) is 6.05. The lowest BCUT2D eigenvalue weighted by Crippen LogP contribution is -2.30. The zero-order valence-corrected chi connectivity index (χ0v) is 5.01. The third kappa shape index (κ3) is 1.46. The van der Waals surface area contributed by atoms with Crippen LogP contribution in [-0.2, 0) is 0 Å². The fourth-order valence-electron chi connectivity index (χ4n) is 0.953. The summed E-state index contributed by atoms with van der Waals surface area (Å²) < 4.78 is 0. The number of nitrogens with zero attached hydrogens (tertiary/aromatic N) is 1. The third-order valence-corrected chi connectivity index (χ3v) is 1.47. The smallest absolute Gasteiger partial charge is 0.0956 e. The zero-order valence-electron chi connectivity index (χ0n) is 5.01. The molecule has 0 atom stereocenters. The van der Waals surface area contributed by atoms with Gasteiger partial charge in [0.05, 0.1) is 6.73 Å². The van der Waals surface area contributed by atoms with Gasteiger partial charge in [0.15, 0.2) is 0 Å². The summed E-state index contributed by atoms with van der Waals surface area (Å²) in [6.45, 7) is 2.25. The molecule has 0 aliphatic carbocycles. The second-order valence-corrected chi connectivity index (χ2v) is 2.15. The minimum Gasteiger partial charge on any atom is -0.381 e. The second kappa shape index (κ2) is 3.05. The molecule has 8 heavy (non-hydrogen) atoms. The molecule has 1 aliphatic rings. The van der Waals surface area contributed by atoms with Crippen LogP contribution in [0.25, 0.3) is 0 Å². The molecule has 0 aromatic heterocycles. The maximum Gasteiger partial charge on any atom is 0.0956 e. The summed E-state index contributed by atoms with van der Waals surface area (Å²) >= 11 is 0. The van der Waals surface area contributed by atoms with Crippen LogP contribution in [-0.4, -0.2) is 29.8 Å². The molecule has 1 saturated heterocycles. The SMILES string of the molecule is OCN1C[CH]CCC1. The number of aliphatic hydroxyl groups is 1. The van der Waals surface area contributed by atoms with E-state index in [1.807, 2.05) is 4.90 Å². The van der Waals surface area contributed by atoms with Gasteiger partial charge < -0.3 is 5.11 Å². The van der Waals surface area contributed by atoms with Gasteiger partial charge in [0.1, 0.15) is 0 Å². The average Bonchev–Trinajstić information content (AvgIpc) is 1.90. The largest absolute Gasteiger partial charge is 0.381 e. The average molecular weight is 114 g/mol. The Bertz CT molecular complexity index is 59.5. The second-order valence-electron chi connectivity index (χ2n) is 2.15. The summed E-state index contributed by atoms with van der Waals surface area (Å²) in [6.07, 6.45) is 4.64. The highest BCUT2D eigenvalue weighted by molar-refractivity contribution is 4.75. The van der Waals surface area contributed by atoms with Gasteiger partial charge >= 0.3 is 0 Å². The molecule has 0 unspecified atom stereocenters. The molecule has 1 fully saturated rings. The van der Waals surface area contributed by atoms with E-state index in [0.717, 1.165) is 13.1 Å². The van der Waals surface area contributed by atoms with Gasteiger partial charge in [-0.25, -0.2) is 0 Å². The van der Waals surface area contributed by atoms with Crippen molar-refractivity contribution in [3.8, 4) is 0 Å². The van der Waals surface area contributed by atoms with Crippen molar-refractivity contribution >= 4 is 0 Å². The van der Waals surface area contributed by atoms with Crippen LogP contribution in [0.15, 0.2) is 0 Å². The van der Waals surface area contributed by atoms with E-state index in [-0.39, 0.29) is 6.73 Å². The van der Waals surface area contributed by atoms with E-state index >= 15 is 0 Å². The van der Waals surface area contributed by atoms with Crippen LogP contribution in [0, 0.1) is 6.42 Å². The minimum atomic E-state index is 0.219. The zero-order chi connectivity index (χ0) is 5.82. The van der Waals surface area contributed by atoms with Gasteiger partial charge in [-0.1, -0.05) is 0 Å². The number of hydrogen-bond donors (Lipinski definition) is 1. The molecule has 1 heterocycles. The Morgan fingerprint density at radius 1 is 1.62 bits per heavy atom. The van der Waals surface area contributed by atoms with E-state index in [4.69, 9.17) is 5.11 Å². The fourth-order valence-corrected chi connectivity index (χ4v) is 0.953. The quantitative estimate of drug-likeness (QED) is 0.527. The maximum absolute atomic E-state index is 8.60. The van der Waals surface area contributed by atoms with Gasteiger partial charge in [-0.05, 0) is 19.3 Å².